The molecule has 17 heavy (non-hydrogen) atoms. The van der Waals surface area contributed by atoms with Crippen LogP contribution in [0.15, 0.2) is 0 Å². The zero-order valence-electron chi connectivity index (χ0n) is 10.4. The van der Waals surface area contributed by atoms with Gasteiger partial charge in [0, 0.05) is 17.2 Å². The van der Waals surface area contributed by atoms with Crippen LogP contribution in [0.4, 0.5) is 0 Å². The highest BCUT2D eigenvalue weighted by Crippen LogP contribution is 2.14. The van der Waals surface area contributed by atoms with E-state index in [0.717, 1.165) is 25.9 Å². The van der Waals surface area contributed by atoms with E-state index in [9.17, 15) is 4.79 Å². The Hall–Kier alpha value is 0.0300. The van der Waals surface area contributed by atoms with Gasteiger partial charge in [-0.2, -0.15) is 11.8 Å². The Kier molecular flexibility index (Phi) is 9.04. The van der Waals surface area contributed by atoms with Crippen LogP contribution in [0.3, 0.4) is 0 Å². The fourth-order valence-electron chi connectivity index (χ4n) is 1.96. The summed E-state index contributed by atoms with van der Waals surface area (Å²) in [4.78, 5) is 11.9. The molecule has 1 fully saturated rings. The number of nitrogens with one attached hydrogen (secondary N) is 2. The van der Waals surface area contributed by atoms with Gasteiger partial charge in [0.25, 0.3) is 0 Å². The van der Waals surface area contributed by atoms with Crippen molar-refractivity contribution in [3.63, 3.8) is 0 Å². The van der Waals surface area contributed by atoms with Gasteiger partial charge in [-0.05, 0) is 39.1 Å². The quantitative estimate of drug-likeness (QED) is 0.692. The fourth-order valence-corrected chi connectivity index (χ4v) is 2.58. The average Bonchev–Trinajstić information content (AvgIpc) is 2.31. The maximum atomic E-state index is 11.9. The van der Waals surface area contributed by atoms with E-state index in [2.05, 4.69) is 10.6 Å². The standard InChI is InChI=1S/C11H22N2O2S.ClH/c1-8(10(7-14)16-2)13-11(15)9-3-5-12-6-4-9;/h8-10,12,14H,3-7H2,1-2H3,(H,13,15);1H. The van der Waals surface area contributed by atoms with Crippen LogP contribution >= 0.6 is 24.2 Å². The Morgan fingerprint density at radius 2 is 2.12 bits per heavy atom. The van der Waals surface area contributed by atoms with Gasteiger partial charge in [-0.25, -0.2) is 0 Å². The normalized spacial score (nSPS) is 20.2. The van der Waals surface area contributed by atoms with E-state index in [1.54, 1.807) is 11.8 Å². The SMILES string of the molecule is CSC(CO)C(C)NC(=O)C1CCNCC1.Cl. The molecule has 4 nitrogen and oxygen atoms in total. The van der Waals surface area contributed by atoms with Crippen molar-refractivity contribution in [2.24, 2.45) is 5.92 Å². The number of hydrogen-bond acceptors (Lipinski definition) is 4. The fraction of sp³-hybridized carbons (Fsp3) is 0.909. The third-order valence-electron chi connectivity index (χ3n) is 3.12. The molecule has 1 amide bonds. The van der Waals surface area contributed by atoms with Crippen LogP contribution in [0.5, 0.6) is 0 Å². The third kappa shape index (κ3) is 5.46. The highest BCUT2D eigenvalue weighted by atomic mass is 35.5. The van der Waals surface area contributed by atoms with E-state index in [1.807, 2.05) is 13.2 Å². The van der Waals surface area contributed by atoms with Crippen molar-refractivity contribution in [3.8, 4) is 0 Å². The predicted molar refractivity (Wildman–Crippen MR) is 74.8 cm³/mol. The number of aliphatic hydroxyl groups excluding tert-OH is 1. The number of carbonyl (C=O) groups excluding carboxylic acids is 1. The number of hydrogen-bond donors (Lipinski definition) is 3. The van der Waals surface area contributed by atoms with Crippen molar-refractivity contribution >= 4 is 30.1 Å². The van der Waals surface area contributed by atoms with E-state index >= 15 is 0 Å². The lowest BCUT2D eigenvalue weighted by atomic mass is 9.97. The number of amides is 1. The van der Waals surface area contributed by atoms with Gasteiger partial charge in [0.15, 0.2) is 0 Å². The van der Waals surface area contributed by atoms with Crippen LogP contribution < -0.4 is 10.6 Å². The Balaban J connectivity index is 0.00000256. The first kappa shape index (κ1) is 17.0. The zero-order valence-corrected chi connectivity index (χ0v) is 12.1. The largest absolute Gasteiger partial charge is 0.395 e. The highest BCUT2D eigenvalue weighted by molar-refractivity contribution is 7.99. The number of piperidine rings is 1. The molecule has 1 aliphatic heterocycles. The summed E-state index contributed by atoms with van der Waals surface area (Å²) in [6.07, 6.45) is 3.79. The maximum Gasteiger partial charge on any atom is 0.223 e. The zero-order chi connectivity index (χ0) is 12.0. The summed E-state index contributed by atoms with van der Waals surface area (Å²) in [5.74, 6) is 0.284. The molecule has 102 valence electrons. The molecule has 0 aromatic heterocycles. The molecule has 6 heteroatoms. The summed E-state index contributed by atoms with van der Waals surface area (Å²) in [5, 5.41) is 15.5. The van der Waals surface area contributed by atoms with Crippen molar-refractivity contribution in [2.45, 2.75) is 31.1 Å². The average molecular weight is 283 g/mol. The van der Waals surface area contributed by atoms with Gasteiger partial charge in [-0.3, -0.25) is 4.79 Å². The van der Waals surface area contributed by atoms with Crippen molar-refractivity contribution in [2.75, 3.05) is 26.0 Å². The second-order valence-electron chi connectivity index (χ2n) is 4.28. The molecule has 0 spiro atoms. The van der Waals surface area contributed by atoms with E-state index in [0.29, 0.717) is 0 Å². The monoisotopic (exact) mass is 282 g/mol. The highest BCUT2D eigenvalue weighted by Gasteiger charge is 2.24. The van der Waals surface area contributed by atoms with Gasteiger partial charge >= 0.3 is 0 Å². The summed E-state index contributed by atoms with van der Waals surface area (Å²) < 4.78 is 0. The number of carbonyl (C=O) groups is 1. The predicted octanol–water partition coefficient (Wildman–Crippen LogP) is 0.636. The van der Waals surface area contributed by atoms with Gasteiger partial charge in [0.1, 0.15) is 0 Å². The minimum atomic E-state index is 0. The molecule has 2 atom stereocenters. The molecular weight excluding hydrogens is 260 g/mol. The molecule has 1 rings (SSSR count). The Bertz CT molecular complexity index is 222. The molecule has 0 aliphatic carbocycles. The van der Waals surface area contributed by atoms with Crippen molar-refractivity contribution in [3.05, 3.63) is 0 Å². The summed E-state index contributed by atoms with van der Waals surface area (Å²) >= 11 is 1.59. The third-order valence-corrected chi connectivity index (χ3v) is 4.28. The van der Waals surface area contributed by atoms with Gasteiger partial charge in [0.05, 0.1) is 6.61 Å². The van der Waals surface area contributed by atoms with Gasteiger partial charge in [-0.15, -0.1) is 12.4 Å². The van der Waals surface area contributed by atoms with Gasteiger partial charge in [-0.1, -0.05) is 0 Å². The van der Waals surface area contributed by atoms with Crippen molar-refractivity contribution < 1.29 is 9.90 Å². The first-order valence-corrected chi connectivity index (χ1v) is 7.12. The Morgan fingerprint density at radius 3 is 2.59 bits per heavy atom. The molecule has 2 unspecified atom stereocenters. The first-order chi connectivity index (χ1) is 7.69. The minimum Gasteiger partial charge on any atom is -0.395 e. The van der Waals surface area contributed by atoms with E-state index in [-0.39, 0.29) is 42.1 Å². The second kappa shape index (κ2) is 9.03. The van der Waals surface area contributed by atoms with Crippen LogP contribution in [0.1, 0.15) is 19.8 Å². The lowest BCUT2D eigenvalue weighted by molar-refractivity contribution is -0.126. The van der Waals surface area contributed by atoms with Crippen LogP contribution in [0.2, 0.25) is 0 Å². The first-order valence-electron chi connectivity index (χ1n) is 5.83. The lowest BCUT2D eigenvalue weighted by Crippen LogP contribution is -2.46. The summed E-state index contributed by atoms with van der Waals surface area (Å²) in [6, 6.07) is 0.0300. The smallest absolute Gasteiger partial charge is 0.223 e. The number of rotatable bonds is 5. The van der Waals surface area contributed by atoms with Crippen molar-refractivity contribution in [1.82, 2.24) is 10.6 Å². The number of thioether (sulfide) groups is 1. The molecule has 1 saturated heterocycles. The maximum absolute atomic E-state index is 11.9. The van der Waals surface area contributed by atoms with Crippen molar-refractivity contribution in [1.29, 1.82) is 0 Å². The van der Waals surface area contributed by atoms with Crippen LogP contribution in [-0.2, 0) is 4.79 Å². The molecule has 1 aliphatic rings. The molecule has 1 heterocycles. The van der Waals surface area contributed by atoms with Crippen LogP contribution in [0, 0.1) is 5.92 Å². The number of halogens is 1. The second-order valence-corrected chi connectivity index (χ2v) is 5.36. The molecular formula is C11H23ClN2O2S. The summed E-state index contributed by atoms with van der Waals surface area (Å²) in [6.45, 7) is 3.92. The summed E-state index contributed by atoms with van der Waals surface area (Å²) in [5.41, 5.74) is 0. The molecule has 0 bridgehead atoms. The van der Waals surface area contributed by atoms with Crippen LogP contribution in [0.25, 0.3) is 0 Å². The molecule has 0 saturated carbocycles. The lowest BCUT2D eigenvalue weighted by Gasteiger charge is -2.26. The minimum absolute atomic E-state index is 0. The molecule has 0 aromatic carbocycles. The number of aliphatic hydroxyl groups is 1. The van der Waals surface area contributed by atoms with E-state index in [1.165, 1.54) is 0 Å². The van der Waals surface area contributed by atoms with Gasteiger partial charge in [0.2, 0.25) is 5.91 Å². The summed E-state index contributed by atoms with van der Waals surface area (Å²) in [7, 11) is 0. The van der Waals surface area contributed by atoms with E-state index in [4.69, 9.17) is 5.11 Å². The topological polar surface area (TPSA) is 61.4 Å². The molecule has 0 radical (unpaired) electrons. The van der Waals surface area contributed by atoms with E-state index < -0.39 is 0 Å². The van der Waals surface area contributed by atoms with Crippen LogP contribution in [-0.4, -0.2) is 48.3 Å². The Morgan fingerprint density at radius 1 is 1.53 bits per heavy atom. The molecule has 0 aromatic rings. The van der Waals surface area contributed by atoms with Gasteiger partial charge < -0.3 is 15.7 Å². The molecule has 3 N–H and O–H groups in total. The Labute approximate surface area is 114 Å².